The van der Waals surface area contributed by atoms with Gasteiger partial charge in [-0.15, -0.1) is 0 Å². The third-order valence-electron chi connectivity index (χ3n) is 3.92. The predicted molar refractivity (Wildman–Crippen MR) is 74.4 cm³/mol. The summed E-state index contributed by atoms with van der Waals surface area (Å²) in [4.78, 5) is 12.1. The monoisotopic (exact) mass is 246 g/mol. The van der Waals surface area contributed by atoms with E-state index >= 15 is 0 Å². The van der Waals surface area contributed by atoms with E-state index in [9.17, 15) is 4.79 Å². The minimum Gasteiger partial charge on any atom is -0.398 e. The van der Waals surface area contributed by atoms with Gasteiger partial charge >= 0.3 is 0 Å². The van der Waals surface area contributed by atoms with Crippen molar-refractivity contribution in [1.82, 2.24) is 5.32 Å². The molecule has 0 unspecified atom stereocenters. The highest BCUT2D eigenvalue weighted by Gasteiger charge is 2.22. The molecule has 2 rings (SSSR count). The fourth-order valence-electron chi connectivity index (χ4n) is 2.74. The number of para-hydroxylation sites is 1. The number of carbonyl (C=O) groups excluding carboxylic acids is 1. The Hall–Kier alpha value is -1.51. The summed E-state index contributed by atoms with van der Waals surface area (Å²) in [7, 11) is 0. The molecule has 1 aliphatic carbocycles. The average Bonchev–Trinajstić information content (AvgIpc) is 2.40. The van der Waals surface area contributed by atoms with E-state index in [0.29, 0.717) is 17.2 Å². The molecule has 1 saturated carbocycles. The van der Waals surface area contributed by atoms with Crippen LogP contribution in [-0.4, -0.2) is 11.9 Å². The molecule has 1 atom stereocenters. The van der Waals surface area contributed by atoms with E-state index in [-0.39, 0.29) is 11.9 Å². The van der Waals surface area contributed by atoms with Gasteiger partial charge in [0.25, 0.3) is 5.91 Å². The van der Waals surface area contributed by atoms with Gasteiger partial charge in [-0.2, -0.15) is 0 Å². The number of rotatable bonds is 3. The van der Waals surface area contributed by atoms with Gasteiger partial charge in [0.05, 0.1) is 5.56 Å². The van der Waals surface area contributed by atoms with Gasteiger partial charge in [-0.25, -0.2) is 0 Å². The minimum absolute atomic E-state index is 0.0498. The largest absolute Gasteiger partial charge is 0.398 e. The molecule has 98 valence electrons. The Kier molecular flexibility index (Phi) is 4.24. The lowest BCUT2D eigenvalue weighted by Crippen LogP contribution is -2.39. The molecule has 3 nitrogen and oxygen atoms in total. The number of carbonyl (C=O) groups is 1. The molecule has 3 N–H and O–H groups in total. The highest BCUT2D eigenvalue weighted by molar-refractivity contribution is 5.99. The summed E-state index contributed by atoms with van der Waals surface area (Å²) in [6.45, 7) is 2.10. The van der Waals surface area contributed by atoms with Gasteiger partial charge in [0.1, 0.15) is 0 Å². The Morgan fingerprint density at radius 3 is 2.61 bits per heavy atom. The molecule has 0 radical (unpaired) electrons. The molecule has 1 aliphatic rings. The van der Waals surface area contributed by atoms with Gasteiger partial charge in [-0.3, -0.25) is 4.79 Å². The molecule has 0 bridgehead atoms. The Balaban J connectivity index is 1.96. The SMILES string of the molecule is C[C@H](NC(=O)c1ccccc1N)C1CCCCC1. The molecule has 18 heavy (non-hydrogen) atoms. The number of hydrogen-bond acceptors (Lipinski definition) is 2. The van der Waals surface area contributed by atoms with Crippen LogP contribution < -0.4 is 11.1 Å². The fourth-order valence-corrected chi connectivity index (χ4v) is 2.74. The molecule has 3 heteroatoms. The number of amides is 1. The van der Waals surface area contributed by atoms with Gasteiger partial charge in [-0.05, 0) is 37.8 Å². The van der Waals surface area contributed by atoms with Gasteiger partial charge in [0.15, 0.2) is 0 Å². The molecular formula is C15H22N2O. The first kappa shape index (κ1) is 12.9. The summed E-state index contributed by atoms with van der Waals surface area (Å²) in [5.74, 6) is 0.568. The van der Waals surface area contributed by atoms with Crippen LogP contribution in [0.2, 0.25) is 0 Å². The standard InChI is InChI=1S/C15H22N2O/c1-11(12-7-3-2-4-8-12)17-15(18)13-9-5-6-10-14(13)16/h5-6,9-12H,2-4,7-8,16H2,1H3,(H,17,18)/t11-/m0/s1. The molecule has 0 spiro atoms. The van der Waals surface area contributed by atoms with Gasteiger partial charge in [0, 0.05) is 11.7 Å². The molecule has 0 aliphatic heterocycles. The van der Waals surface area contributed by atoms with Crippen LogP contribution in [0.25, 0.3) is 0 Å². The van der Waals surface area contributed by atoms with E-state index in [1.54, 1.807) is 12.1 Å². The molecule has 1 aromatic carbocycles. The molecule has 1 amide bonds. The van der Waals surface area contributed by atoms with Crippen molar-refractivity contribution in [2.45, 2.75) is 45.1 Å². The van der Waals surface area contributed by atoms with Crippen molar-refractivity contribution in [1.29, 1.82) is 0 Å². The minimum atomic E-state index is -0.0498. The summed E-state index contributed by atoms with van der Waals surface area (Å²) in [6, 6.07) is 7.46. The van der Waals surface area contributed by atoms with Crippen LogP contribution in [0.1, 0.15) is 49.4 Å². The molecule has 1 aromatic rings. The summed E-state index contributed by atoms with van der Waals surface area (Å²) in [6.07, 6.45) is 6.37. The lowest BCUT2D eigenvalue weighted by atomic mass is 9.84. The first-order valence-corrected chi connectivity index (χ1v) is 6.84. The second kappa shape index (κ2) is 5.89. The fraction of sp³-hybridized carbons (Fsp3) is 0.533. The average molecular weight is 246 g/mol. The number of nitrogens with two attached hydrogens (primary N) is 1. The van der Waals surface area contributed by atoms with Crippen molar-refractivity contribution in [2.24, 2.45) is 5.92 Å². The summed E-state index contributed by atoms with van der Waals surface area (Å²) in [5.41, 5.74) is 6.95. The smallest absolute Gasteiger partial charge is 0.253 e. The van der Waals surface area contributed by atoms with Gasteiger partial charge < -0.3 is 11.1 Å². The van der Waals surface area contributed by atoms with Crippen LogP contribution in [0.5, 0.6) is 0 Å². The zero-order valence-electron chi connectivity index (χ0n) is 11.0. The number of nitrogens with one attached hydrogen (secondary N) is 1. The van der Waals surface area contributed by atoms with Crippen LogP contribution in [0.4, 0.5) is 5.69 Å². The van der Waals surface area contributed by atoms with E-state index in [2.05, 4.69) is 12.2 Å². The lowest BCUT2D eigenvalue weighted by molar-refractivity contribution is 0.0920. The number of hydrogen-bond donors (Lipinski definition) is 2. The topological polar surface area (TPSA) is 55.1 Å². The van der Waals surface area contributed by atoms with E-state index in [4.69, 9.17) is 5.73 Å². The van der Waals surface area contributed by atoms with Crippen LogP contribution in [0, 0.1) is 5.92 Å². The summed E-state index contributed by atoms with van der Waals surface area (Å²) in [5, 5.41) is 3.09. The van der Waals surface area contributed by atoms with Crippen LogP contribution in [0.3, 0.4) is 0 Å². The summed E-state index contributed by atoms with van der Waals surface area (Å²) >= 11 is 0. The first-order chi connectivity index (χ1) is 8.68. The third kappa shape index (κ3) is 3.03. The Bertz CT molecular complexity index is 411. The van der Waals surface area contributed by atoms with Crippen LogP contribution in [-0.2, 0) is 0 Å². The van der Waals surface area contributed by atoms with E-state index in [1.165, 1.54) is 32.1 Å². The zero-order chi connectivity index (χ0) is 13.0. The third-order valence-corrected chi connectivity index (χ3v) is 3.92. The van der Waals surface area contributed by atoms with Gasteiger partial charge in [0.2, 0.25) is 0 Å². The van der Waals surface area contributed by atoms with E-state index < -0.39 is 0 Å². The molecule has 0 saturated heterocycles. The van der Waals surface area contributed by atoms with Crippen molar-refractivity contribution in [3.8, 4) is 0 Å². The van der Waals surface area contributed by atoms with Crippen molar-refractivity contribution in [2.75, 3.05) is 5.73 Å². The van der Waals surface area contributed by atoms with Crippen molar-refractivity contribution in [3.63, 3.8) is 0 Å². The Labute approximate surface area is 109 Å². The predicted octanol–water partition coefficient (Wildman–Crippen LogP) is 2.97. The zero-order valence-corrected chi connectivity index (χ0v) is 11.0. The Morgan fingerprint density at radius 2 is 1.94 bits per heavy atom. The van der Waals surface area contributed by atoms with Crippen molar-refractivity contribution < 1.29 is 4.79 Å². The number of nitrogen functional groups attached to an aromatic ring is 1. The molecule has 0 aromatic heterocycles. The highest BCUT2D eigenvalue weighted by atomic mass is 16.1. The maximum absolute atomic E-state index is 12.1. The van der Waals surface area contributed by atoms with Crippen LogP contribution >= 0.6 is 0 Å². The molecule has 0 heterocycles. The summed E-state index contributed by atoms with van der Waals surface area (Å²) < 4.78 is 0. The number of benzene rings is 1. The second-order valence-electron chi connectivity index (χ2n) is 5.25. The maximum atomic E-state index is 12.1. The van der Waals surface area contributed by atoms with E-state index in [1.807, 2.05) is 12.1 Å². The Morgan fingerprint density at radius 1 is 1.28 bits per heavy atom. The quantitative estimate of drug-likeness (QED) is 0.806. The molecule has 1 fully saturated rings. The molecular weight excluding hydrogens is 224 g/mol. The van der Waals surface area contributed by atoms with Crippen LogP contribution in [0.15, 0.2) is 24.3 Å². The number of anilines is 1. The second-order valence-corrected chi connectivity index (χ2v) is 5.25. The van der Waals surface area contributed by atoms with Crippen molar-refractivity contribution in [3.05, 3.63) is 29.8 Å². The van der Waals surface area contributed by atoms with E-state index in [0.717, 1.165) is 0 Å². The normalized spacial score (nSPS) is 18.3. The highest BCUT2D eigenvalue weighted by Crippen LogP contribution is 2.26. The maximum Gasteiger partial charge on any atom is 0.253 e. The van der Waals surface area contributed by atoms with Gasteiger partial charge in [-0.1, -0.05) is 31.4 Å². The first-order valence-electron chi connectivity index (χ1n) is 6.84. The lowest BCUT2D eigenvalue weighted by Gasteiger charge is -2.28. The van der Waals surface area contributed by atoms with Crippen molar-refractivity contribution >= 4 is 11.6 Å².